The van der Waals surface area contributed by atoms with E-state index in [-0.39, 0.29) is 0 Å². The van der Waals surface area contributed by atoms with Crippen LogP contribution in [0.25, 0.3) is 0 Å². The van der Waals surface area contributed by atoms with Gasteiger partial charge in [-0.05, 0) is 19.8 Å². The van der Waals surface area contributed by atoms with Gasteiger partial charge in [0.25, 0.3) is 0 Å². The molecule has 0 aromatic rings. The van der Waals surface area contributed by atoms with Gasteiger partial charge in [-0.1, -0.05) is 19.1 Å². The van der Waals surface area contributed by atoms with Crippen LogP contribution in [0, 0.1) is 0 Å². The monoisotopic (exact) mass is 182 g/mol. The van der Waals surface area contributed by atoms with E-state index in [1.165, 1.54) is 32.5 Å². The summed E-state index contributed by atoms with van der Waals surface area (Å²) >= 11 is 0. The molecule has 0 radical (unpaired) electrons. The van der Waals surface area contributed by atoms with E-state index in [1.54, 1.807) is 0 Å². The maximum atomic E-state index is 3.53. The molecule has 2 nitrogen and oxygen atoms in total. The van der Waals surface area contributed by atoms with E-state index < -0.39 is 0 Å². The summed E-state index contributed by atoms with van der Waals surface area (Å²) in [5.74, 6) is 0. The quantitative estimate of drug-likeness (QED) is 0.665. The second-order valence-corrected chi connectivity index (χ2v) is 3.72. The highest BCUT2D eigenvalue weighted by Crippen LogP contribution is 2.03. The van der Waals surface area contributed by atoms with E-state index in [4.69, 9.17) is 0 Å². The minimum Gasteiger partial charge on any atom is -0.311 e. The first kappa shape index (κ1) is 10.7. The molecule has 2 heteroatoms. The molecule has 0 saturated carbocycles. The second-order valence-electron chi connectivity index (χ2n) is 3.72. The molecular formula is C11H22N2. The van der Waals surface area contributed by atoms with Crippen molar-refractivity contribution >= 4 is 0 Å². The molecule has 0 aromatic heterocycles. The topological polar surface area (TPSA) is 15.3 Å². The molecule has 0 bridgehead atoms. The van der Waals surface area contributed by atoms with Crippen LogP contribution in [0.15, 0.2) is 12.2 Å². The van der Waals surface area contributed by atoms with Crippen molar-refractivity contribution in [1.82, 2.24) is 10.2 Å². The first-order valence-corrected chi connectivity index (χ1v) is 5.43. The van der Waals surface area contributed by atoms with Crippen molar-refractivity contribution in [3.05, 3.63) is 12.2 Å². The van der Waals surface area contributed by atoms with Crippen LogP contribution in [0.5, 0.6) is 0 Å². The van der Waals surface area contributed by atoms with E-state index in [9.17, 15) is 0 Å². The van der Waals surface area contributed by atoms with Gasteiger partial charge in [-0.15, -0.1) is 0 Å². The van der Waals surface area contributed by atoms with E-state index in [2.05, 4.69) is 36.2 Å². The Balaban J connectivity index is 2.18. The van der Waals surface area contributed by atoms with Crippen molar-refractivity contribution in [2.45, 2.75) is 32.7 Å². The van der Waals surface area contributed by atoms with Gasteiger partial charge in [0.1, 0.15) is 0 Å². The van der Waals surface area contributed by atoms with Crippen LogP contribution in [-0.4, -0.2) is 37.1 Å². The summed E-state index contributed by atoms with van der Waals surface area (Å²) < 4.78 is 0. The van der Waals surface area contributed by atoms with Crippen molar-refractivity contribution in [1.29, 1.82) is 0 Å². The van der Waals surface area contributed by atoms with Crippen molar-refractivity contribution in [3.63, 3.8) is 0 Å². The van der Waals surface area contributed by atoms with Gasteiger partial charge in [0.15, 0.2) is 0 Å². The first-order chi connectivity index (χ1) is 6.36. The van der Waals surface area contributed by atoms with E-state index in [1.807, 2.05) is 0 Å². The zero-order valence-electron chi connectivity index (χ0n) is 8.92. The summed E-state index contributed by atoms with van der Waals surface area (Å²) in [5.41, 5.74) is 0. The Bertz CT molecular complexity index is 154. The Morgan fingerprint density at radius 3 is 3.08 bits per heavy atom. The lowest BCUT2D eigenvalue weighted by atomic mass is 10.1. The molecule has 0 aliphatic carbocycles. The molecule has 76 valence electrons. The van der Waals surface area contributed by atoms with Gasteiger partial charge in [-0.3, -0.25) is 0 Å². The molecule has 0 amide bonds. The standard InChI is InChI=1S/C11H22N2/c1-3-5-6-8-13-9-7-12-11(4-2)10-13/h3,5,11-12H,4,6-10H2,1-2H3/b5-3+. The van der Waals surface area contributed by atoms with Crippen LogP contribution < -0.4 is 5.32 Å². The number of nitrogens with one attached hydrogen (secondary N) is 1. The molecule has 0 aromatic carbocycles. The highest BCUT2D eigenvalue weighted by atomic mass is 15.2. The molecule has 0 spiro atoms. The highest BCUT2D eigenvalue weighted by Gasteiger charge is 2.16. The van der Waals surface area contributed by atoms with E-state index in [0.717, 1.165) is 12.6 Å². The Kier molecular flexibility index (Phi) is 5.09. The van der Waals surface area contributed by atoms with Crippen molar-refractivity contribution < 1.29 is 0 Å². The number of allylic oxidation sites excluding steroid dienone is 1. The van der Waals surface area contributed by atoms with Gasteiger partial charge in [-0.2, -0.15) is 0 Å². The first-order valence-electron chi connectivity index (χ1n) is 5.43. The van der Waals surface area contributed by atoms with Gasteiger partial charge in [-0.25, -0.2) is 0 Å². The Hall–Kier alpha value is -0.340. The minimum atomic E-state index is 0.722. The highest BCUT2D eigenvalue weighted by molar-refractivity contribution is 4.82. The van der Waals surface area contributed by atoms with E-state index in [0.29, 0.717) is 0 Å². The van der Waals surface area contributed by atoms with E-state index >= 15 is 0 Å². The molecule has 1 atom stereocenters. The largest absolute Gasteiger partial charge is 0.311 e. The van der Waals surface area contributed by atoms with Crippen LogP contribution >= 0.6 is 0 Å². The summed E-state index contributed by atoms with van der Waals surface area (Å²) in [5, 5.41) is 3.53. The number of piperazine rings is 1. The second kappa shape index (κ2) is 6.17. The molecule has 1 aliphatic heterocycles. The van der Waals surface area contributed by atoms with Crippen molar-refractivity contribution in [2.75, 3.05) is 26.2 Å². The maximum Gasteiger partial charge on any atom is 0.0192 e. The zero-order chi connectivity index (χ0) is 9.52. The molecule has 1 rings (SSSR count). The molecule has 1 saturated heterocycles. The normalized spacial score (nSPS) is 25.5. The predicted octanol–water partition coefficient (Wildman–Crippen LogP) is 1.64. The van der Waals surface area contributed by atoms with Crippen LogP contribution in [0.3, 0.4) is 0 Å². The summed E-state index contributed by atoms with van der Waals surface area (Å²) in [4.78, 5) is 2.56. The molecule has 1 aliphatic rings. The number of nitrogens with zero attached hydrogens (tertiary/aromatic N) is 1. The summed E-state index contributed by atoms with van der Waals surface area (Å²) in [6, 6.07) is 0.722. The molecule has 1 fully saturated rings. The van der Waals surface area contributed by atoms with Crippen molar-refractivity contribution in [3.8, 4) is 0 Å². The lowest BCUT2D eigenvalue weighted by molar-refractivity contribution is 0.200. The zero-order valence-corrected chi connectivity index (χ0v) is 8.92. The maximum absolute atomic E-state index is 3.53. The summed E-state index contributed by atoms with van der Waals surface area (Å²) in [6.07, 6.45) is 6.84. The Morgan fingerprint density at radius 1 is 1.54 bits per heavy atom. The lowest BCUT2D eigenvalue weighted by Gasteiger charge is -2.32. The van der Waals surface area contributed by atoms with Gasteiger partial charge in [0, 0.05) is 32.2 Å². The number of hydrogen-bond donors (Lipinski definition) is 1. The minimum absolute atomic E-state index is 0.722. The fraction of sp³-hybridized carbons (Fsp3) is 0.818. The molecule has 1 unspecified atom stereocenters. The Morgan fingerprint density at radius 2 is 2.38 bits per heavy atom. The molecular weight excluding hydrogens is 160 g/mol. The molecule has 1 heterocycles. The van der Waals surface area contributed by atoms with Crippen LogP contribution in [0.4, 0.5) is 0 Å². The van der Waals surface area contributed by atoms with Crippen LogP contribution in [0.1, 0.15) is 26.7 Å². The third-order valence-corrected chi connectivity index (χ3v) is 2.68. The number of hydrogen-bond acceptors (Lipinski definition) is 2. The average molecular weight is 182 g/mol. The molecule has 13 heavy (non-hydrogen) atoms. The molecule has 1 N–H and O–H groups in total. The lowest BCUT2D eigenvalue weighted by Crippen LogP contribution is -2.50. The fourth-order valence-electron chi connectivity index (χ4n) is 1.79. The Labute approximate surface area is 82.0 Å². The smallest absolute Gasteiger partial charge is 0.0192 e. The fourth-order valence-corrected chi connectivity index (χ4v) is 1.79. The average Bonchev–Trinajstić information content (AvgIpc) is 2.19. The SMILES string of the molecule is C/C=C/CCN1CCNC(CC)C1. The predicted molar refractivity (Wildman–Crippen MR) is 58.0 cm³/mol. The third-order valence-electron chi connectivity index (χ3n) is 2.68. The van der Waals surface area contributed by atoms with Gasteiger partial charge in [0.05, 0.1) is 0 Å². The van der Waals surface area contributed by atoms with Crippen LogP contribution in [-0.2, 0) is 0 Å². The number of rotatable bonds is 4. The van der Waals surface area contributed by atoms with Crippen molar-refractivity contribution in [2.24, 2.45) is 0 Å². The third kappa shape index (κ3) is 3.92. The van der Waals surface area contributed by atoms with Gasteiger partial charge < -0.3 is 10.2 Å². The van der Waals surface area contributed by atoms with Gasteiger partial charge >= 0.3 is 0 Å². The summed E-state index contributed by atoms with van der Waals surface area (Å²) in [6.45, 7) is 9.18. The van der Waals surface area contributed by atoms with Gasteiger partial charge in [0.2, 0.25) is 0 Å². The summed E-state index contributed by atoms with van der Waals surface area (Å²) in [7, 11) is 0. The van der Waals surface area contributed by atoms with Crippen LogP contribution in [0.2, 0.25) is 0 Å².